The molecule has 1 atom stereocenters. The van der Waals surface area contributed by atoms with Crippen molar-refractivity contribution < 1.29 is 9.84 Å². The van der Waals surface area contributed by atoms with Crippen molar-refractivity contribution in [3.63, 3.8) is 0 Å². The Bertz CT molecular complexity index is 81.3. The Morgan fingerprint density at radius 3 is 2.90 bits per heavy atom. The molecule has 0 aromatic carbocycles. The molecule has 60 valence electrons. The Balaban J connectivity index is 3.04. The molecule has 2 heteroatoms. The van der Waals surface area contributed by atoms with Gasteiger partial charge in [-0.2, -0.15) is 0 Å². The number of rotatable bonds is 6. The van der Waals surface area contributed by atoms with Gasteiger partial charge in [-0.3, -0.25) is 0 Å². The molecule has 0 fully saturated rings. The van der Waals surface area contributed by atoms with Crippen LogP contribution in [0.2, 0.25) is 0 Å². The van der Waals surface area contributed by atoms with E-state index in [4.69, 9.17) is 9.84 Å². The molecule has 0 bridgehead atoms. The molecule has 0 radical (unpaired) electrons. The van der Waals surface area contributed by atoms with E-state index in [1.54, 1.807) is 6.08 Å². The molecule has 1 N–H and O–H groups in total. The van der Waals surface area contributed by atoms with Gasteiger partial charge in [0.25, 0.3) is 0 Å². The van der Waals surface area contributed by atoms with Crippen LogP contribution >= 0.6 is 0 Å². The molecule has 1 unspecified atom stereocenters. The topological polar surface area (TPSA) is 29.5 Å². The van der Waals surface area contributed by atoms with Crippen molar-refractivity contribution in [3.05, 3.63) is 12.7 Å². The Kier molecular flexibility index (Phi) is 6.55. The van der Waals surface area contributed by atoms with E-state index in [9.17, 15) is 0 Å². The normalized spacial score (nSPS) is 13.0. The van der Waals surface area contributed by atoms with Crippen LogP contribution in [0.15, 0.2) is 12.7 Å². The maximum atomic E-state index is 9.12. The minimum atomic E-state index is -0.274. The van der Waals surface area contributed by atoms with Crippen molar-refractivity contribution in [2.75, 3.05) is 13.2 Å². The lowest BCUT2D eigenvalue weighted by Crippen LogP contribution is -2.08. The number of ether oxygens (including phenoxy) is 1. The Morgan fingerprint density at radius 2 is 2.40 bits per heavy atom. The summed E-state index contributed by atoms with van der Waals surface area (Å²) < 4.78 is 5.06. The molecule has 10 heavy (non-hydrogen) atoms. The molecular formula is C8H16O2. The Labute approximate surface area is 62.5 Å². The highest BCUT2D eigenvalue weighted by atomic mass is 16.5. The van der Waals surface area contributed by atoms with Gasteiger partial charge in [0.1, 0.15) is 0 Å². The third-order valence-electron chi connectivity index (χ3n) is 1.24. The first kappa shape index (κ1) is 9.66. The summed E-state index contributed by atoms with van der Waals surface area (Å²) in [6, 6.07) is 0. The molecule has 2 nitrogen and oxygen atoms in total. The second-order valence-electron chi connectivity index (χ2n) is 2.16. The zero-order valence-corrected chi connectivity index (χ0v) is 6.55. The number of aliphatic hydroxyl groups excluding tert-OH is 1. The molecule has 0 amide bonds. The average molecular weight is 144 g/mol. The van der Waals surface area contributed by atoms with E-state index in [0.717, 1.165) is 6.61 Å². The van der Waals surface area contributed by atoms with Gasteiger partial charge in [-0.15, -0.1) is 6.58 Å². The minimum Gasteiger partial charge on any atom is -0.393 e. The summed E-state index contributed by atoms with van der Waals surface area (Å²) in [7, 11) is 0. The summed E-state index contributed by atoms with van der Waals surface area (Å²) in [5, 5.41) is 9.12. The van der Waals surface area contributed by atoms with Gasteiger partial charge in [-0.1, -0.05) is 6.08 Å². The van der Waals surface area contributed by atoms with Crippen LogP contribution in [0.25, 0.3) is 0 Å². The van der Waals surface area contributed by atoms with Gasteiger partial charge in [0, 0.05) is 13.2 Å². The monoisotopic (exact) mass is 144 g/mol. The highest BCUT2D eigenvalue weighted by Crippen LogP contribution is 1.97. The first-order chi connectivity index (χ1) is 4.81. The van der Waals surface area contributed by atoms with Crippen LogP contribution in [-0.2, 0) is 4.74 Å². The highest BCUT2D eigenvalue weighted by molar-refractivity contribution is 4.71. The van der Waals surface area contributed by atoms with Crippen molar-refractivity contribution in [2.24, 2.45) is 0 Å². The summed E-state index contributed by atoms with van der Waals surface area (Å²) in [4.78, 5) is 0. The molecule has 0 spiro atoms. The second kappa shape index (κ2) is 6.78. The van der Waals surface area contributed by atoms with Crippen molar-refractivity contribution in [2.45, 2.75) is 25.9 Å². The zero-order valence-electron chi connectivity index (χ0n) is 6.55. The van der Waals surface area contributed by atoms with E-state index in [1.165, 1.54) is 0 Å². The smallest absolute Gasteiger partial charge is 0.0596 e. The third-order valence-corrected chi connectivity index (χ3v) is 1.24. The lowest BCUT2D eigenvalue weighted by molar-refractivity contribution is 0.0900. The molecule has 0 heterocycles. The van der Waals surface area contributed by atoms with Crippen molar-refractivity contribution in [3.8, 4) is 0 Å². The van der Waals surface area contributed by atoms with Crippen LogP contribution in [0.4, 0.5) is 0 Å². The quantitative estimate of drug-likeness (QED) is 0.450. The van der Waals surface area contributed by atoms with Gasteiger partial charge >= 0.3 is 0 Å². The van der Waals surface area contributed by atoms with E-state index in [-0.39, 0.29) is 6.10 Å². The van der Waals surface area contributed by atoms with E-state index in [0.29, 0.717) is 19.4 Å². The van der Waals surface area contributed by atoms with Gasteiger partial charge in [-0.05, 0) is 19.8 Å². The fraction of sp³-hybridized carbons (Fsp3) is 0.750. The molecule has 0 aliphatic rings. The first-order valence-corrected chi connectivity index (χ1v) is 3.68. The lowest BCUT2D eigenvalue weighted by atomic mass is 10.2. The standard InChI is InChI=1S/C8H16O2/c1-3-5-8(9)6-7-10-4-2/h3,8-9H,1,4-7H2,2H3. The maximum Gasteiger partial charge on any atom is 0.0596 e. The van der Waals surface area contributed by atoms with Crippen LogP contribution < -0.4 is 0 Å². The van der Waals surface area contributed by atoms with Crippen LogP contribution in [0.3, 0.4) is 0 Å². The predicted molar refractivity (Wildman–Crippen MR) is 41.9 cm³/mol. The van der Waals surface area contributed by atoms with Gasteiger partial charge in [0.15, 0.2) is 0 Å². The largest absolute Gasteiger partial charge is 0.393 e. The second-order valence-corrected chi connectivity index (χ2v) is 2.16. The SMILES string of the molecule is C=CCC(O)CCOCC. The minimum absolute atomic E-state index is 0.274. The molecule has 0 saturated heterocycles. The van der Waals surface area contributed by atoms with Crippen molar-refractivity contribution in [1.82, 2.24) is 0 Å². The molecule has 0 aromatic rings. The average Bonchev–Trinajstić information content (AvgIpc) is 1.89. The lowest BCUT2D eigenvalue weighted by Gasteiger charge is -2.06. The number of hydrogen-bond donors (Lipinski definition) is 1. The van der Waals surface area contributed by atoms with Crippen LogP contribution in [0.5, 0.6) is 0 Å². The van der Waals surface area contributed by atoms with E-state index in [2.05, 4.69) is 6.58 Å². The fourth-order valence-electron chi connectivity index (χ4n) is 0.674. The molecule has 0 aromatic heterocycles. The fourth-order valence-corrected chi connectivity index (χ4v) is 0.674. The van der Waals surface area contributed by atoms with Gasteiger partial charge in [-0.25, -0.2) is 0 Å². The van der Waals surface area contributed by atoms with E-state index in [1.807, 2.05) is 6.92 Å². The Morgan fingerprint density at radius 1 is 1.70 bits per heavy atom. The van der Waals surface area contributed by atoms with Crippen LogP contribution in [0, 0.1) is 0 Å². The highest BCUT2D eigenvalue weighted by Gasteiger charge is 1.99. The maximum absolute atomic E-state index is 9.12. The molecule has 0 aliphatic heterocycles. The summed E-state index contributed by atoms with van der Waals surface area (Å²) in [5.41, 5.74) is 0. The molecule has 0 saturated carbocycles. The van der Waals surface area contributed by atoms with Gasteiger partial charge < -0.3 is 9.84 Å². The summed E-state index contributed by atoms with van der Waals surface area (Å²) in [6.07, 6.45) is 2.81. The summed E-state index contributed by atoms with van der Waals surface area (Å²) in [5.74, 6) is 0. The molecular weight excluding hydrogens is 128 g/mol. The summed E-state index contributed by atoms with van der Waals surface area (Å²) in [6.45, 7) is 6.84. The number of aliphatic hydroxyl groups is 1. The Hall–Kier alpha value is -0.340. The molecule has 0 rings (SSSR count). The van der Waals surface area contributed by atoms with Crippen LogP contribution in [-0.4, -0.2) is 24.4 Å². The van der Waals surface area contributed by atoms with Gasteiger partial charge in [0.2, 0.25) is 0 Å². The van der Waals surface area contributed by atoms with Crippen LogP contribution in [0.1, 0.15) is 19.8 Å². The first-order valence-electron chi connectivity index (χ1n) is 3.68. The van der Waals surface area contributed by atoms with E-state index >= 15 is 0 Å². The van der Waals surface area contributed by atoms with Gasteiger partial charge in [0.05, 0.1) is 6.10 Å². The summed E-state index contributed by atoms with van der Waals surface area (Å²) >= 11 is 0. The van der Waals surface area contributed by atoms with Crippen molar-refractivity contribution >= 4 is 0 Å². The van der Waals surface area contributed by atoms with Crippen molar-refractivity contribution in [1.29, 1.82) is 0 Å². The predicted octanol–water partition coefficient (Wildman–Crippen LogP) is 1.35. The molecule has 0 aliphatic carbocycles. The number of hydrogen-bond acceptors (Lipinski definition) is 2. The van der Waals surface area contributed by atoms with E-state index < -0.39 is 0 Å². The third kappa shape index (κ3) is 5.79. The zero-order chi connectivity index (χ0) is 7.82.